The van der Waals surface area contributed by atoms with Gasteiger partial charge < -0.3 is 5.11 Å². The molecule has 2 nitrogen and oxygen atoms in total. The Hall–Kier alpha value is -0.280. The number of nitrogens with zero attached hydrogens (tertiary/aromatic N) is 1. The third-order valence-corrected chi connectivity index (χ3v) is 5.37. The van der Waals surface area contributed by atoms with Gasteiger partial charge in [-0.25, -0.2) is 0 Å². The average molecular weight is 286 g/mol. The molecule has 18 heavy (non-hydrogen) atoms. The van der Waals surface area contributed by atoms with Gasteiger partial charge in [0.05, 0.1) is 10.0 Å². The van der Waals surface area contributed by atoms with E-state index in [-0.39, 0.29) is 0 Å². The fourth-order valence-corrected chi connectivity index (χ4v) is 3.76. The first kappa shape index (κ1) is 12.7. The van der Waals surface area contributed by atoms with Crippen molar-refractivity contribution in [2.24, 2.45) is 0 Å². The van der Waals surface area contributed by atoms with Crippen molar-refractivity contribution in [1.82, 2.24) is 4.90 Å². The molecule has 2 saturated heterocycles. The third kappa shape index (κ3) is 1.96. The maximum absolute atomic E-state index is 10.6. The summed E-state index contributed by atoms with van der Waals surface area (Å²) in [6, 6.07) is 6.32. The lowest BCUT2D eigenvalue weighted by molar-refractivity contribution is -0.110. The van der Waals surface area contributed by atoms with E-state index in [2.05, 4.69) is 4.90 Å². The monoisotopic (exact) mass is 285 g/mol. The van der Waals surface area contributed by atoms with Crippen LogP contribution < -0.4 is 0 Å². The van der Waals surface area contributed by atoms with Gasteiger partial charge >= 0.3 is 0 Å². The highest BCUT2D eigenvalue weighted by Gasteiger charge is 2.48. The van der Waals surface area contributed by atoms with E-state index in [1.807, 2.05) is 25.2 Å². The van der Waals surface area contributed by atoms with Crippen LogP contribution in [0.25, 0.3) is 0 Å². The first-order valence-corrected chi connectivity index (χ1v) is 7.15. The number of hydrogen-bond donors (Lipinski definition) is 1. The van der Waals surface area contributed by atoms with Crippen LogP contribution in [0.2, 0.25) is 10.0 Å². The van der Waals surface area contributed by atoms with Gasteiger partial charge in [-0.05, 0) is 56.3 Å². The second-order valence-corrected chi connectivity index (χ2v) is 6.41. The minimum absolute atomic E-state index is 0.383. The largest absolute Gasteiger partial charge is 0.376 e. The van der Waals surface area contributed by atoms with Gasteiger partial charge in [0.25, 0.3) is 0 Å². The quantitative estimate of drug-likeness (QED) is 0.851. The molecule has 2 heterocycles. The zero-order valence-corrected chi connectivity index (χ0v) is 11.9. The van der Waals surface area contributed by atoms with Crippen LogP contribution in [0.3, 0.4) is 0 Å². The molecule has 4 heteroatoms. The standard InChI is InChI=1S/C14H17Cl2NO/c1-17-11-4-5-14(17,18)8-10(6-11)9-2-3-12(15)13(16)7-9/h2-3,7,10-11,18H,4-6,8H2,1H3. The van der Waals surface area contributed by atoms with Crippen LogP contribution in [0.5, 0.6) is 0 Å². The third-order valence-electron chi connectivity index (χ3n) is 4.63. The molecule has 2 aliphatic rings. The van der Waals surface area contributed by atoms with Crippen molar-refractivity contribution in [2.75, 3.05) is 7.05 Å². The summed E-state index contributed by atoms with van der Waals surface area (Å²) in [4.78, 5) is 2.14. The molecule has 1 aromatic carbocycles. The van der Waals surface area contributed by atoms with E-state index < -0.39 is 5.72 Å². The van der Waals surface area contributed by atoms with Crippen LogP contribution >= 0.6 is 23.2 Å². The van der Waals surface area contributed by atoms with Crippen molar-refractivity contribution < 1.29 is 5.11 Å². The Labute approximate surface area is 117 Å². The van der Waals surface area contributed by atoms with Crippen LogP contribution in [0, 0.1) is 0 Å². The summed E-state index contributed by atoms with van der Waals surface area (Å²) in [7, 11) is 2.03. The molecule has 3 unspecified atom stereocenters. The molecular weight excluding hydrogens is 269 g/mol. The van der Waals surface area contributed by atoms with Gasteiger partial charge in [0.2, 0.25) is 0 Å². The summed E-state index contributed by atoms with van der Waals surface area (Å²) >= 11 is 12.0. The Morgan fingerprint density at radius 3 is 2.78 bits per heavy atom. The molecule has 2 bridgehead atoms. The van der Waals surface area contributed by atoms with E-state index in [0.29, 0.717) is 22.0 Å². The smallest absolute Gasteiger partial charge is 0.119 e. The molecule has 0 saturated carbocycles. The summed E-state index contributed by atoms with van der Waals surface area (Å²) in [6.45, 7) is 0. The molecule has 1 N–H and O–H groups in total. The molecule has 3 atom stereocenters. The average Bonchev–Trinajstić information content (AvgIpc) is 2.52. The SMILES string of the molecule is CN1C2CCC1(O)CC(c1ccc(Cl)c(Cl)c1)C2. The van der Waals surface area contributed by atoms with Gasteiger partial charge in [0.15, 0.2) is 0 Å². The lowest BCUT2D eigenvalue weighted by Gasteiger charge is -2.42. The summed E-state index contributed by atoms with van der Waals surface area (Å²) in [6.07, 6.45) is 3.85. The molecule has 0 amide bonds. The van der Waals surface area contributed by atoms with E-state index in [1.54, 1.807) is 0 Å². The normalized spacial score (nSPS) is 36.0. The fourth-order valence-electron chi connectivity index (χ4n) is 3.46. The summed E-state index contributed by atoms with van der Waals surface area (Å²) in [5, 5.41) is 11.8. The maximum atomic E-state index is 10.6. The number of hydrogen-bond acceptors (Lipinski definition) is 2. The van der Waals surface area contributed by atoms with Crippen LogP contribution in [0.1, 0.15) is 37.2 Å². The molecule has 0 aromatic heterocycles. The first-order valence-electron chi connectivity index (χ1n) is 6.40. The number of halogens is 2. The Bertz CT molecular complexity index is 479. The van der Waals surface area contributed by atoms with Gasteiger partial charge in [0, 0.05) is 6.04 Å². The summed E-state index contributed by atoms with van der Waals surface area (Å²) in [5.41, 5.74) is 0.572. The van der Waals surface area contributed by atoms with E-state index in [0.717, 1.165) is 25.7 Å². The zero-order valence-electron chi connectivity index (χ0n) is 10.4. The van der Waals surface area contributed by atoms with E-state index in [4.69, 9.17) is 23.2 Å². The Kier molecular flexibility index (Phi) is 3.10. The highest BCUT2D eigenvalue weighted by atomic mass is 35.5. The molecule has 2 aliphatic heterocycles. The molecule has 3 rings (SSSR count). The van der Waals surface area contributed by atoms with Crippen molar-refractivity contribution in [3.05, 3.63) is 33.8 Å². The molecule has 98 valence electrons. The van der Waals surface area contributed by atoms with Crippen LogP contribution in [0.4, 0.5) is 0 Å². The maximum Gasteiger partial charge on any atom is 0.119 e. The van der Waals surface area contributed by atoms with Crippen molar-refractivity contribution in [1.29, 1.82) is 0 Å². The second-order valence-electron chi connectivity index (χ2n) is 5.60. The van der Waals surface area contributed by atoms with Crippen molar-refractivity contribution in [3.8, 4) is 0 Å². The number of rotatable bonds is 1. The predicted octanol–water partition coefficient (Wildman–Crippen LogP) is 3.65. The van der Waals surface area contributed by atoms with Crippen molar-refractivity contribution in [3.63, 3.8) is 0 Å². The lowest BCUT2D eigenvalue weighted by Crippen LogP contribution is -2.49. The minimum Gasteiger partial charge on any atom is -0.376 e. The van der Waals surface area contributed by atoms with E-state index in [1.165, 1.54) is 5.56 Å². The van der Waals surface area contributed by atoms with Crippen LogP contribution in [-0.2, 0) is 0 Å². The molecule has 0 aliphatic carbocycles. The molecule has 0 radical (unpaired) electrons. The van der Waals surface area contributed by atoms with Crippen molar-refractivity contribution in [2.45, 2.75) is 43.4 Å². The zero-order chi connectivity index (χ0) is 12.9. The number of aliphatic hydroxyl groups is 1. The highest BCUT2D eigenvalue weighted by molar-refractivity contribution is 6.42. The van der Waals surface area contributed by atoms with Crippen LogP contribution in [-0.4, -0.2) is 28.8 Å². The molecule has 2 fully saturated rings. The minimum atomic E-state index is -0.625. The van der Waals surface area contributed by atoms with Gasteiger partial charge in [-0.1, -0.05) is 29.3 Å². The molecule has 0 spiro atoms. The highest BCUT2D eigenvalue weighted by Crippen LogP contribution is 2.47. The number of benzene rings is 1. The summed E-state index contributed by atoms with van der Waals surface area (Å²) < 4.78 is 0. The second kappa shape index (κ2) is 4.38. The van der Waals surface area contributed by atoms with E-state index in [9.17, 15) is 5.11 Å². The Morgan fingerprint density at radius 1 is 1.33 bits per heavy atom. The van der Waals surface area contributed by atoms with Crippen LogP contribution in [0.15, 0.2) is 18.2 Å². The number of fused-ring (bicyclic) bond motifs is 2. The lowest BCUT2D eigenvalue weighted by atomic mass is 9.84. The first-order chi connectivity index (χ1) is 8.49. The number of piperidine rings is 1. The Balaban J connectivity index is 1.88. The van der Waals surface area contributed by atoms with Gasteiger partial charge in [-0.3, -0.25) is 4.90 Å². The molecular formula is C14H17Cl2NO. The van der Waals surface area contributed by atoms with Gasteiger partial charge in [0.1, 0.15) is 5.72 Å². The van der Waals surface area contributed by atoms with Gasteiger partial charge in [-0.2, -0.15) is 0 Å². The topological polar surface area (TPSA) is 23.5 Å². The Morgan fingerprint density at radius 2 is 2.11 bits per heavy atom. The van der Waals surface area contributed by atoms with Crippen molar-refractivity contribution >= 4 is 23.2 Å². The van der Waals surface area contributed by atoms with Gasteiger partial charge in [-0.15, -0.1) is 0 Å². The van der Waals surface area contributed by atoms with E-state index >= 15 is 0 Å². The molecule has 1 aromatic rings. The summed E-state index contributed by atoms with van der Waals surface area (Å²) in [5.74, 6) is 0.383. The predicted molar refractivity (Wildman–Crippen MR) is 74.2 cm³/mol. The fraction of sp³-hybridized carbons (Fsp3) is 0.571.